The molecule has 1 aliphatic rings. The van der Waals surface area contributed by atoms with Gasteiger partial charge in [-0.25, -0.2) is 4.39 Å². The van der Waals surface area contributed by atoms with E-state index >= 15 is 0 Å². The maximum Gasteiger partial charge on any atom is 0.139 e. The molecule has 0 radical (unpaired) electrons. The van der Waals surface area contributed by atoms with Crippen molar-refractivity contribution in [1.82, 2.24) is 5.32 Å². The van der Waals surface area contributed by atoms with E-state index in [9.17, 15) is 4.39 Å². The molecule has 2 nitrogen and oxygen atoms in total. The van der Waals surface area contributed by atoms with Crippen molar-refractivity contribution in [2.45, 2.75) is 25.9 Å². The molecule has 2 aromatic rings. The highest BCUT2D eigenvalue weighted by atomic mass is 79.9. The van der Waals surface area contributed by atoms with Crippen LogP contribution in [0.5, 0.6) is 0 Å². The van der Waals surface area contributed by atoms with Crippen LogP contribution in [0.1, 0.15) is 29.2 Å². The molecule has 1 heterocycles. The van der Waals surface area contributed by atoms with Crippen LogP contribution in [-0.4, -0.2) is 6.54 Å². The van der Waals surface area contributed by atoms with Gasteiger partial charge in [0, 0.05) is 12.2 Å². The number of halogens is 2. The molecule has 0 aromatic heterocycles. The van der Waals surface area contributed by atoms with E-state index < -0.39 is 0 Å². The summed E-state index contributed by atoms with van der Waals surface area (Å²) in [5.74, 6) is -0.233. The highest BCUT2D eigenvalue weighted by Gasteiger charge is 2.19. The van der Waals surface area contributed by atoms with Crippen LogP contribution >= 0.6 is 15.9 Å². The monoisotopic (exact) mass is 348 g/mol. The highest BCUT2D eigenvalue weighted by Crippen LogP contribution is 2.31. The van der Waals surface area contributed by atoms with Gasteiger partial charge in [0.15, 0.2) is 0 Å². The van der Waals surface area contributed by atoms with Gasteiger partial charge in [0.2, 0.25) is 0 Å². The molecule has 1 atom stereocenters. The quantitative estimate of drug-likeness (QED) is 0.832. The van der Waals surface area contributed by atoms with Crippen LogP contribution in [0.2, 0.25) is 0 Å². The Bertz CT molecular complexity index is 657. The zero-order valence-corrected chi connectivity index (χ0v) is 13.5. The van der Waals surface area contributed by atoms with Gasteiger partial charge in [0.25, 0.3) is 0 Å². The van der Waals surface area contributed by atoms with E-state index in [1.165, 1.54) is 11.1 Å². The lowest BCUT2D eigenvalue weighted by atomic mass is 9.98. The lowest BCUT2D eigenvalue weighted by Crippen LogP contribution is -2.15. The zero-order valence-electron chi connectivity index (χ0n) is 11.9. The summed E-state index contributed by atoms with van der Waals surface area (Å²) in [6.07, 6.45) is 0.980. The highest BCUT2D eigenvalue weighted by molar-refractivity contribution is 9.10. The largest absolute Gasteiger partial charge is 0.378 e. The normalized spacial score (nSPS) is 18.0. The molecule has 2 aromatic carbocycles. The lowest BCUT2D eigenvalue weighted by molar-refractivity contribution is 0.617. The summed E-state index contributed by atoms with van der Waals surface area (Å²) in [6, 6.07) is 12.0. The molecule has 0 saturated heterocycles. The maximum atomic E-state index is 13.8. The number of hydrogen-bond donors (Lipinski definition) is 2. The Morgan fingerprint density at radius 1 is 1.29 bits per heavy atom. The second-order valence-corrected chi connectivity index (χ2v) is 6.30. The van der Waals surface area contributed by atoms with Crippen molar-refractivity contribution in [3.8, 4) is 0 Å². The molecule has 2 N–H and O–H groups in total. The average Bonchev–Trinajstić information content (AvgIpc) is 2.67. The van der Waals surface area contributed by atoms with Crippen LogP contribution in [0, 0.1) is 12.7 Å². The number of fused-ring (bicyclic) bond motifs is 1. The van der Waals surface area contributed by atoms with Gasteiger partial charge in [-0.05, 0) is 64.6 Å². The molecule has 3 rings (SSSR count). The van der Waals surface area contributed by atoms with Crippen LogP contribution in [0.4, 0.5) is 10.1 Å². The fraction of sp³-hybridized carbons (Fsp3) is 0.294. The molecular formula is C17H18BrFN2. The number of anilines is 1. The fourth-order valence-corrected chi connectivity index (χ4v) is 3.26. The molecule has 0 saturated carbocycles. The predicted octanol–water partition coefficient (Wildman–Crippen LogP) is 4.54. The Balaban J connectivity index is 1.93. The van der Waals surface area contributed by atoms with Gasteiger partial charge in [-0.3, -0.25) is 0 Å². The number of hydrogen-bond acceptors (Lipinski definition) is 2. The third-order valence-electron chi connectivity index (χ3n) is 3.95. The summed E-state index contributed by atoms with van der Waals surface area (Å²) in [6.45, 7) is 3.83. The summed E-state index contributed by atoms with van der Waals surface area (Å²) >= 11 is 3.23. The standard InChI is InChI=1S/C17H18BrFN2/c1-11-8-14(18)15(19)9-17(11)21-16-6-7-20-10-12-4-2-3-5-13(12)16/h2-5,8-9,16,20-21H,6-7,10H2,1H3. The Kier molecular flexibility index (Phi) is 4.27. The van der Waals surface area contributed by atoms with Gasteiger partial charge in [-0.2, -0.15) is 0 Å². The van der Waals surface area contributed by atoms with Crippen LogP contribution in [0.25, 0.3) is 0 Å². The summed E-state index contributed by atoms with van der Waals surface area (Å²) in [4.78, 5) is 0. The van der Waals surface area contributed by atoms with Gasteiger partial charge in [0.05, 0.1) is 10.5 Å². The minimum Gasteiger partial charge on any atom is -0.378 e. The Hall–Kier alpha value is -1.39. The van der Waals surface area contributed by atoms with E-state index in [0.717, 1.165) is 30.8 Å². The van der Waals surface area contributed by atoms with E-state index in [4.69, 9.17) is 0 Å². The van der Waals surface area contributed by atoms with Crippen molar-refractivity contribution in [3.63, 3.8) is 0 Å². The number of nitrogens with one attached hydrogen (secondary N) is 2. The lowest BCUT2D eigenvalue weighted by Gasteiger charge is -2.22. The number of rotatable bonds is 2. The molecule has 0 aliphatic carbocycles. The Morgan fingerprint density at radius 3 is 2.95 bits per heavy atom. The summed E-state index contributed by atoms with van der Waals surface area (Å²) < 4.78 is 14.3. The molecular weight excluding hydrogens is 331 g/mol. The van der Waals surface area contributed by atoms with Crippen LogP contribution < -0.4 is 10.6 Å². The zero-order chi connectivity index (χ0) is 14.8. The first-order chi connectivity index (χ1) is 10.1. The van der Waals surface area contributed by atoms with E-state index in [1.54, 1.807) is 6.07 Å². The molecule has 0 fully saturated rings. The van der Waals surface area contributed by atoms with Crippen molar-refractivity contribution >= 4 is 21.6 Å². The molecule has 21 heavy (non-hydrogen) atoms. The van der Waals surface area contributed by atoms with E-state index in [0.29, 0.717) is 4.47 Å². The van der Waals surface area contributed by atoms with Crippen LogP contribution in [-0.2, 0) is 6.54 Å². The SMILES string of the molecule is Cc1cc(Br)c(F)cc1NC1CCNCc2ccccc21. The van der Waals surface area contributed by atoms with Gasteiger partial charge in [-0.15, -0.1) is 0 Å². The smallest absolute Gasteiger partial charge is 0.139 e. The van der Waals surface area contributed by atoms with Gasteiger partial charge in [0.1, 0.15) is 5.82 Å². The molecule has 1 unspecified atom stereocenters. The molecule has 110 valence electrons. The van der Waals surface area contributed by atoms with Crippen LogP contribution in [0.3, 0.4) is 0 Å². The number of benzene rings is 2. The summed E-state index contributed by atoms with van der Waals surface area (Å²) in [5, 5.41) is 6.95. The molecule has 4 heteroatoms. The van der Waals surface area contributed by atoms with Crippen molar-refractivity contribution < 1.29 is 4.39 Å². The first-order valence-corrected chi connectivity index (χ1v) is 7.95. The third-order valence-corrected chi connectivity index (χ3v) is 4.56. The van der Waals surface area contributed by atoms with Crippen molar-refractivity contribution in [1.29, 1.82) is 0 Å². The van der Waals surface area contributed by atoms with E-state index in [1.807, 2.05) is 13.0 Å². The first kappa shape index (κ1) is 14.5. The molecule has 1 aliphatic heterocycles. The third kappa shape index (κ3) is 3.11. The minimum absolute atomic E-state index is 0.204. The molecule has 0 amide bonds. The summed E-state index contributed by atoms with van der Waals surface area (Å²) in [7, 11) is 0. The molecule has 0 bridgehead atoms. The first-order valence-electron chi connectivity index (χ1n) is 7.16. The van der Waals surface area contributed by atoms with Gasteiger partial charge in [-0.1, -0.05) is 24.3 Å². The van der Waals surface area contributed by atoms with Crippen LogP contribution in [0.15, 0.2) is 40.9 Å². The fourth-order valence-electron chi connectivity index (χ4n) is 2.80. The van der Waals surface area contributed by atoms with Crippen molar-refractivity contribution in [2.24, 2.45) is 0 Å². The predicted molar refractivity (Wildman–Crippen MR) is 88.0 cm³/mol. The second kappa shape index (κ2) is 6.16. The maximum absolute atomic E-state index is 13.8. The van der Waals surface area contributed by atoms with E-state index in [-0.39, 0.29) is 11.9 Å². The Morgan fingerprint density at radius 2 is 2.10 bits per heavy atom. The van der Waals surface area contributed by atoms with Gasteiger partial charge >= 0.3 is 0 Å². The summed E-state index contributed by atoms with van der Waals surface area (Å²) in [5.41, 5.74) is 4.50. The van der Waals surface area contributed by atoms with E-state index in [2.05, 4.69) is 50.8 Å². The topological polar surface area (TPSA) is 24.1 Å². The minimum atomic E-state index is -0.233. The average molecular weight is 349 g/mol. The van der Waals surface area contributed by atoms with Crippen molar-refractivity contribution in [3.05, 3.63) is 63.4 Å². The van der Waals surface area contributed by atoms with Gasteiger partial charge < -0.3 is 10.6 Å². The second-order valence-electron chi connectivity index (χ2n) is 5.44. The Labute approximate surface area is 132 Å². The molecule has 0 spiro atoms. The number of aryl methyl sites for hydroxylation is 1. The van der Waals surface area contributed by atoms with Crippen molar-refractivity contribution in [2.75, 3.05) is 11.9 Å².